The molecule has 0 atom stereocenters. The van der Waals surface area contributed by atoms with Crippen LogP contribution in [0.1, 0.15) is 31.9 Å². The number of hydrogen-bond acceptors (Lipinski definition) is 6. The van der Waals surface area contributed by atoms with Gasteiger partial charge in [-0.15, -0.1) is 0 Å². The third kappa shape index (κ3) is 5.31. The van der Waals surface area contributed by atoms with Crippen molar-refractivity contribution in [3.8, 4) is 22.9 Å². The lowest BCUT2D eigenvalue weighted by Gasteiger charge is -2.26. The molecule has 0 aliphatic carbocycles. The Balaban J connectivity index is 1.95. The summed E-state index contributed by atoms with van der Waals surface area (Å²) in [5.74, 6) is 0.486. The molecule has 10 heteroatoms. The minimum Gasteiger partial charge on any atom is -0.437 e. The van der Waals surface area contributed by atoms with Crippen molar-refractivity contribution in [2.75, 3.05) is 4.72 Å². The molecule has 0 amide bonds. The van der Waals surface area contributed by atoms with Crippen LogP contribution in [0.5, 0.6) is 11.6 Å². The highest BCUT2D eigenvalue weighted by molar-refractivity contribution is 7.92. The van der Waals surface area contributed by atoms with Gasteiger partial charge in [0.2, 0.25) is 11.8 Å². The van der Waals surface area contributed by atoms with Crippen molar-refractivity contribution in [1.82, 2.24) is 19.7 Å². The van der Waals surface area contributed by atoms with Gasteiger partial charge in [0.25, 0.3) is 10.0 Å². The summed E-state index contributed by atoms with van der Waals surface area (Å²) in [5.41, 5.74) is 2.65. The first-order valence-corrected chi connectivity index (χ1v) is 12.7. The Bertz CT molecular complexity index is 1490. The molecule has 0 bridgehead atoms. The van der Waals surface area contributed by atoms with Crippen LogP contribution in [0.2, 0.25) is 5.02 Å². The van der Waals surface area contributed by atoms with Crippen molar-refractivity contribution in [2.24, 2.45) is 7.05 Å². The number of nitrogens with one attached hydrogen (secondary N) is 1. The number of aryl methyl sites for hydroxylation is 2. The highest BCUT2D eigenvalue weighted by atomic mass is 35.5. The van der Waals surface area contributed by atoms with Crippen LogP contribution in [0.15, 0.2) is 65.8 Å². The Morgan fingerprint density at radius 2 is 1.71 bits per heavy atom. The highest BCUT2D eigenvalue weighted by Crippen LogP contribution is 2.42. The van der Waals surface area contributed by atoms with E-state index in [1.54, 1.807) is 31.3 Å². The summed E-state index contributed by atoms with van der Waals surface area (Å²) < 4.78 is 36.1. The fourth-order valence-corrected chi connectivity index (χ4v) is 4.72. The predicted molar refractivity (Wildman–Crippen MR) is 136 cm³/mol. The van der Waals surface area contributed by atoms with Crippen molar-refractivity contribution in [3.63, 3.8) is 0 Å². The molecule has 4 rings (SSSR count). The van der Waals surface area contributed by atoms with E-state index in [-0.39, 0.29) is 16.7 Å². The standard InChI is InChI=1S/C25H26ClN5O3S/c1-16-10-6-7-11-18(16)22-21(25(2,3)4)23(34-20-13-9-8-12-19(20)26)29-24(28-22)30-35(32,33)17-14-27-31(5)15-17/h6-15H,1-5H3,(H,28,29,30). The number of benzene rings is 2. The summed E-state index contributed by atoms with van der Waals surface area (Å²) in [4.78, 5) is 9.17. The third-order valence-electron chi connectivity index (χ3n) is 5.29. The van der Waals surface area contributed by atoms with Gasteiger partial charge in [0.15, 0.2) is 0 Å². The monoisotopic (exact) mass is 511 g/mol. The normalized spacial score (nSPS) is 11.9. The smallest absolute Gasteiger partial charge is 0.267 e. The van der Waals surface area contributed by atoms with Crippen LogP contribution in [0.4, 0.5) is 5.95 Å². The summed E-state index contributed by atoms with van der Waals surface area (Å²) in [6.45, 7) is 8.03. The number of sulfonamides is 1. The molecular weight excluding hydrogens is 486 g/mol. The molecule has 0 aliphatic rings. The number of nitrogens with zero attached hydrogens (tertiary/aromatic N) is 4. The van der Waals surface area contributed by atoms with E-state index in [2.05, 4.69) is 19.8 Å². The first kappa shape index (κ1) is 24.7. The molecule has 0 saturated heterocycles. The molecule has 0 saturated carbocycles. The van der Waals surface area contributed by atoms with E-state index >= 15 is 0 Å². The first-order valence-electron chi connectivity index (χ1n) is 10.9. The Morgan fingerprint density at radius 1 is 1.03 bits per heavy atom. The van der Waals surface area contributed by atoms with Crippen molar-refractivity contribution < 1.29 is 13.2 Å². The molecule has 2 aromatic heterocycles. The molecule has 0 spiro atoms. The van der Waals surface area contributed by atoms with Crippen molar-refractivity contribution in [3.05, 3.63) is 77.1 Å². The second kappa shape index (κ2) is 9.31. The Hall–Kier alpha value is -3.43. The summed E-state index contributed by atoms with van der Waals surface area (Å²) in [6, 6.07) is 14.8. The van der Waals surface area contributed by atoms with E-state index in [9.17, 15) is 8.42 Å². The zero-order chi connectivity index (χ0) is 25.4. The van der Waals surface area contributed by atoms with Crippen LogP contribution < -0.4 is 9.46 Å². The average Bonchev–Trinajstić information content (AvgIpc) is 3.22. The molecule has 182 valence electrons. The van der Waals surface area contributed by atoms with Gasteiger partial charge in [-0.05, 0) is 30.0 Å². The molecular formula is C25H26ClN5O3S. The van der Waals surface area contributed by atoms with E-state index in [1.807, 2.05) is 52.0 Å². The van der Waals surface area contributed by atoms with Crippen molar-refractivity contribution in [2.45, 2.75) is 38.0 Å². The van der Waals surface area contributed by atoms with Crippen molar-refractivity contribution in [1.29, 1.82) is 0 Å². The SMILES string of the molecule is Cc1ccccc1-c1nc(NS(=O)(=O)c2cnn(C)c2)nc(Oc2ccccc2Cl)c1C(C)(C)C. The maximum atomic E-state index is 13.0. The molecule has 0 unspecified atom stereocenters. The summed E-state index contributed by atoms with van der Waals surface area (Å²) >= 11 is 6.36. The Morgan fingerprint density at radius 3 is 2.34 bits per heavy atom. The van der Waals surface area contributed by atoms with Gasteiger partial charge in [0.1, 0.15) is 10.6 Å². The molecule has 2 heterocycles. The lowest BCUT2D eigenvalue weighted by atomic mass is 9.84. The highest BCUT2D eigenvalue weighted by Gasteiger charge is 2.30. The first-order chi connectivity index (χ1) is 16.5. The van der Waals surface area contributed by atoms with E-state index in [1.165, 1.54) is 17.1 Å². The minimum absolute atomic E-state index is 0.00508. The zero-order valence-electron chi connectivity index (χ0n) is 20.1. The van der Waals surface area contributed by atoms with E-state index in [4.69, 9.17) is 16.3 Å². The molecule has 2 aromatic carbocycles. The average molecular weight is 512 g/mol. The number of para-hydroxylation sites is 1. The predicted octanol–water partition coefficient (Wildman–Crippen LogP) is 5.73. The van der Waals surface area contributed by atoms with E-state index < -0.39 is 15.4 Å². The molecule has 8 nitrogen and oxygen atoms in total. The lowest BCUT2D eigenvalue weighted by molar-refractivity contribution is 0.436. The maximum Gasteiger partial charge on any atom is 0.267 e. The summed E-state index contributed by atoms with van der Waals surface area (Å²) in [5, 5.41) is 4.35. The number of ether oxygens (including phenoxy) is 1. The largest absolute Gasteiger partial charge is 0.437 e. The van der Waals surface area contributed by atoms with Gasteiger partial charge < -0.3 is 4.74 Å². The van der Waals surface area contributed by atoms with Crippen LogP contribution in [0.25, 0.3) is 11.3 Å². The van der Waals surface area contributed by atoms with Gasteiger partial charge >= 0.3 is 0 Å². The summed E-state index contributed by atoms with van der Waals surface area (Å²) in [6.07, 6.45) is 2.66. The van der Waals surface area contributed by atoms with Crippen molar-refractivity contribution >= 4 is 27.6 Å². The van der Waals surface area contributed by atoms with Crippen LogP contribution in [0.3, 0.4) is 0 Å². The van der Waals surface area contributed by atoms with Gasteiger partial charge in [-0.3, -0.25) is 4.68 Å². The van der Waals surface area contributed by atoms with Gasteiger partial charge in [-0.1, -0.05) is 68.8 Å². The second-order valence-corrected chi connectivity index (χ2v) is 11.2. The third-order valence-corrected chi connectivity index (χ3v) is 6.88. The van der Waals surface area contributed by atoms with Gasteiger partial charge in [0.05, 0.1) is 16.9 Å². The molecule has 0 aliphatic heterocycles. The number of rotatable bonds is 6. The quantitative estimate of drug-likeness (QED) is 0.355. The second-order valence-electron chi connectivity index (χ2n) is 9.13. The zero-order valence-corrected chi connectivity index (χ0v) is 21.6. The molecule has 0 radical (unpaired) electrons. The van der Waals surface area contributed by atoms with Crippen LogP contribution in [-0.2, 0) is 22.5 Å². The lowest BCUT2D eigenvalue weighted by Crippen LogP contribution is -2.20. The Labute approximate surface area is 210 Å². The van der Waals surface area contributed by atoms with Gasteiger partial charge in [-0.2, -0.15) is 10.1 Å². The maximum absolute atomic E-state index is 13.0. The molecule has 4 aromatic rings. The number of hydrogen-bond donors (Lipinski definition) is 1. The van der Waals surface area contributed by atoms with Gasteiger partial charge in [0, 0.05) is 24.4 Å². The van der Waals surface area contributed by atoms with E-state index in [0.717, 1.165) is 16.7 Å². The number of aromatic nitrogens is 4. The molecule has 1 N–H and O–H groups in total. The van der Waals surface area contributed by atoms with Crippen LogP contribution >= 0.6 is 11.6 Å². The molecule has 0 fully saturated rings. The number of anilines is 1. The minimum atomic E-state index is -3.99. The fourth-order valence-electron chi connectivity index (χ4n) is 3.62. The van der Waals surface area contributed by atoms with E-state index in [0.29, 0.717) is 16.5 Å². The molecule has 35 heavy (non-hydrogen) atoms. The van der Waals surface area contributed by atoms with Crippen LogP contribution in [0, 0.1) is 6.92 Å². The topological polar surface area (TPSA) is 99.0 Å². The van der Waals surface area contributed by atoms with Crippen LogP contribution in [-0.4, -0.2) is 28.2 Å². The Kier molecular flexibility index (Phi) is 6.57. The summed E-state index contributed by atoms with van der Waals surface area (Å²) in [7, 11) is -2.35. The fraction of sp³-hybridized carbons (Fsp3) is 0.240. The number of halogens is 1. The van der Waals surface area contributed by atoms with Gasteiger partial charge in [-0.25, -0.2) is 18.1 Å².